The summed E-state index contributed by atoms with van der Waals surface area (Å²) in [5.41, 5.74) is 0.503. The molecule has 144 valence electrons. The van der Waals surface area contributed by atoms with Gasteiger partial charge in [-0.3, -0.25) is 9.78 Å². The van der Waals surface area contributed by atoms with Crippen LogP contribution in [0.5, 0.6) is 0 Å². The van der Waals surface area contributed by atoms with Crippen LogP contribution >= 0.6 is 0 Å². The Bertz CT molecular complexity index is 1040. The van der Waals surface area contributed by atoms with E-state index in [2.05, 4.69) is 18.8 Å². The fourth-order valence-electron chi connectivity index (χ4n) is 4.07. The number of rotatable bonds is 4. The third-order valence-corrected chi connectivity index (χ3v) is 5.69. The first-order valence-corrected chi connectivity index (χ1v) is 10.2. The molecular formula is C22H25N5O. The predicted molar refractivity (Wildman–Crippen MR) is 107 cm³/mol. The molecule has 0 N–H and O–H groups in total. The molecule has 1 aromatic carbocycles. The van der Waals surface area contributed by atoms with Gasteiger partial charge in [-0.25, -0.2) is 9.67 Å². The van der Waals surface area contributed by atoms with Gasteiger partial charge >= 0.3 is 0 Å². The van der Waals surface area contributed by atoms with Crippen molar-refractivity contribution in [1.82, 2.24) is 24.6 Å². The maximum atomic E-state index is 13.4. The molecule has 1 atom stereocenters. The van der Waals surface area contributed by atoms with Crippen molar-refractivity contribution in [1.29, 1.82) is 0 Å². The number of hydrogen-bond donors (Lipinski definition) is 0. The van der Waals surface area contributed by atoms with Crippen molar-refractivity contribution in [2.24, 2.45) is 5.92 Å². The molecule has 0 bridgehead atoms. The second kappa shape index (κ2) is 6.69. The summed E-state index contributed by atoms with van der Waals surface area (Å²) in [4.78, 5) is 24.7. The van der Waals surface area contributed by atoms with E-state index in [9.17, 15) is 4.79 Å². The molecule has 1 aliphatic heterocycles. The quantitative estimate of drug-likeness (QED) is 0.693. The maximum absolute atomic E-state index is 13.4. The highest BCUT2D eigenvalue weighted by Gasteiger charge is 2.37. The van der Waals surface area contributed by atoms with E-state index in [0.717, 1.165) is 28.8 Å². The van der Waals surface area contributed by atoms with E-state index >= 15 is 0 Å². The van der Waals surface area contributed by atoms with E-state index in [0.29, 0.717) is 30.6 Å². The van der Waals surface area contributed by atoms with Crippen LogP contribution in [0, 0.1) is 5.92 Å². The molecule has 28 heavy (non-hydrogen) atoms. The second-order valence-corrected chi connectivity index (χ2v) is 8.39. The third-order valence-electron chi connectivity index (χ3n) is 5.69. The van der Waals surface area contributed by atoms with Crippen LogP contribution in [0.1, 0.15) is 67.2 Å². The minimum atomic E-state index is -0.0467. The first kappa shape index (κ1) is 17.3. The summed E-state index contributed by atoms with van der Waals surface area (Å²) in [6.45, 7) is 5.72. The van der Waals surface area contributed by atoms with E-state index < -0.39 is 0 Å². The smallest absolute Gasteiger partial charge is 0.273 e. The molecule has 6 heteroatoms. The number of amides is 1. The number of hydrogen-bond acceptors (Lipinski definition) is 4. The van der Waals surface area contributed by atoms with Crippen LogP contribution in [-0.4, -0.2) is 37.1 Å². The van der Waals surface area contributed by atoms with Crippen LogP contribution in [-0.2, 0) is 6.54 Å². The van der Waals surface area contributed by atoms with Gasteiger partial charge in [-0.15, -0.1) is 0 Å². The average Bonchev–Trinajstić information content (AvgIpc) is 3.46. The highest BCUT2D eigenvalue weighted by atomic mass is 16.2. The Morgan fingerprint density at radius 1 is 1.18 bits per heavy atom. The van der Waals surface area contributed by atoms with E-state index in [1.54, 1.807) is 6.20 Å². The van der Waals surface area contributed by atoms with Gasteiger partial charge in [0.2, 0.25) is 0 Å². The van der Waals surface area contributed by atoms with Crippen molar-refractivity contribution >= 4 is 16.7 Å². The number of benzene rings is 1. The summed E-state index contributed by atoms with van der Waals surface area (Å²) in [5, 5.41) is 6.82. The van der Waals surface area contributed by atoms with Crippen molar-refractivity contribution in [2.75, 3.05) is 6.54 Å². The van der Waals surface area contributed by atoms with Gasteiger partial charge < -0.3 is 4.90 Å². The van der Waals surface area contributed by atoms with Crippen LogP contribution in [0.3, 0.4) is 0 Å². The van der Waals surface area contributed by atoms with Gasteiger partial charge in [-0.05, 0) is 36.6 Å². The Labute approximate surface area is 164 Å². The van der Waals surface area contributed by atoms with Crippen LogP contribution in [0.2, 0.25) is 0 Å². The van der Waals surface area contributed by atoms with Gasteiger partial charge in [0.05, 0.1) is 12.6 Å². The molecule has 6 nitrogen and oxygen atoms in total. The number of fused-ring (bicyclic) bond motifs is 2. The number of carbonyl (C=O) groups is 1. The molecule has 1 saturated carbocycles. The summed E-state index contributed by atoms with van der Waals surface area (Å²) < 4.78 is 2.03. The Hall–Kier alpha value is -2.76. The lowest BCUT2D eigenvalue weighted by atomic mass is 9.99. The van der Waals surface area contributed by atoms with Crippen LogP contribution in [0.4, 0.5) is 0 Å². The molecule has 2 aromatic heterocycles. The number of pyridine rings is 1. The van der Waals surface area contributed by atoms with E-state index in [-0.39, 0.29) is 11.9 Å². The minimum absolute atomic E-state index is 0.0152. The minimum Gasteiger partial charge on any atom is -0.325 e. The number of aromatic nitrogens is 4. The predicted octanol–water partition coefficient (Wildman–Crippen LogP) is 3.95. The standard InChI is InChI=1S/C22H25N5O/c1-14(2)11-19-21-24-20(15-7-8-15)25-27(21)10-9-26(19)22(28)18-12-16-5-3-4-6-17(16)13-23-18/h3-6,12-15,19H,7-11H2,1-2H3/t19-/m0/s1. The van der Waals surface area contributed by atoms with Crippen molar-refractivity contribution < 1.29 is 4.79 Å². The molecule has 3 heterocycles. The Kier molecular flexibility index (Phi) is 4.14. The summed E-state index contributed by atoms with van der Waals surface area (Å²) in [6, 6.07) is 9.86. The van der Waals surface area contributed by atoms with Gasteiger partial charge in [-0.2, -0.15) is 5.10 Å². The lowest BCUT2D eigenvalue weighted by molar-refractivity contribution is 0.0572. The molecule has 3 aromatic rings. The highest BCUT2D eigenvalue weighted by molar-refractivity contribution is 5.96. The van der Waals surface area contributed by atoms with Crippen molar-refractivity contribution in [3.8, 4) is 0 Å². The van der Waals surface area contributed by atoms with E-state index in [4.69, 9.17) is 10.1 Å². The first-order chi connectivity index (χ1) is 13.6. The Balaban J connectivity index is 1.50. The largest absolute Gasteiger partial charge is 0.325 e. The van der Waals surface area contributed by atoms with Gasteiger partial charge in [0.15, 0.2) is 5.82 Å². The molecule has 2 aliphatic rings. The van der Waals surface area contributed by atoms with Crippen molar-refractivity contribution in [3.63, 3.8) is 0 Å². The van der Waals surface area contributed by atoms with E-state index in [1.807, 2.05) is 39.9 Å². The molecule has 1 fully saturated rings. The monoisotopic (exact) mass is 375 g/mol. The normalized spacial score (nSPS) is 19.2. The van der Waals surface area contributed by atoms with Crippen LogP contribution in [0.15, 0.2) is 36.5 Å². The second-order valence-electron chi connectivity index (χ2n) is 8.39. The molecular weight excluding hydrogens is 350 g/mol. The SMILES string of the molecule is CC(C)C[C@H]1c2nc(C3CC3)nn2CCN1C(=O)c1cc2ccccc2cn1. The molecule has 0 saturated heterocycles. The average molecular weight is 375 g/mol. The number of nitrogens with zero attached hydrogens (tertiary/aromatic N) is 5. The zero-order valence-corrected chi connectivity index (χ0v) is 16.4. The van der Waals surface area contributed by atoms with Crippen molar-refractivity contribution in [3.05, 3.63) is 53.9 Å². The molecule has 1 amide bonds. The first-order valence-electron chi connectivity index (χ1n) is 10.2. The summed E-state index contributed by atoms with van der Waals surface area (Å²) in [7, 11) is 0. The number of carbonyl (C=O) groups excluding carboxylic acids is 1. The molecule has 0 radical (unpaired) electrons. The maximum Gasteiger partial charge on any atom is 0.273 e. The molecule has 1 aliphatic carbocycles. The molecule has 0 unspecified atom stereocenters. The summed E-state index contributed by atoms with van der Waals surface area (Å²) in [5.74, 6) is 2.86. The zero-order chi connectivity index (χ0) is 19.3. The lowest BCUT2D eigenvalue weighted by Gasteiger charge is -2.36. The molecule has 5 rings (SSSR count). The fraction of sp³-hybridized carbons (Fsp3) is 0.455. The zero-order valence-electron chi connectivity index (χ0n) is 16.4. The summed E-state index contributed by atoms with van der Waals surface area (Å²) in [6.07, 6.45) is 5.03. The summed E-state index contributed by atoms with van der Waals surface area (Å²) >= 11 is 0. The Morgan fingerprint density at radius 2 is 1.96 bits per heavy atom. The topological polar surface area (TPSA) is 63.9 Å². The van der Waals surface area contributed by atoms with Crippen LogP contribution in [0.25, 0.3) is 10.8 Å². The lowest BCUT2D eigenvalue weighted by Crippen LogP contribution is -2.43. The molecule has 0 spiro atoms. The highest BCUT2D eigenvalue weighted by Crippen LogP contribution is 2.40. The Morgan fingerprint density at radius 3 is 2.71 bits per heavy atom. The van der Waals surface area contributed by atoms with Crippen LogP contribution < -0.4 is 0 Å². The third kappa shape index (κ3) is 3.07. The van der Waals surface area contributed by atoms with Gasteiger partial charge in [0, 0.05) is 24.0 Å². The van der Waals surface area contributed by atoms with Gasteiger partial charge in [0.1, 0.15) is 11.5 Å². The van der Waals surface area contributed by atoms with E-state index in [1.165, 1.54) is 12.8 Å². The van der Waals surface area contributed by atoms with Gasteiger partial charge in [-0.1, -0.05) is 38.1 Å². The fourth-order valence-corrected chi connectivity index (χ4v) is 4.07. The van der Waals surface area contributed by atoms with Gasteiger partial charge in [0.25, 0.3) is 5.91 Å². The van der Waals surface area contributed by atoms with Crippen molar-refractivity contribution in [2.45, 2.75) is 51.6 Å².